The van der Waals surface area contributed by atoms with E-state index in [1.165, 1.54) is 0 Å². The third-order valence-electron chi connectivity index (χ3n) is 6.50. The molecule has 6 nitrogen and oxygen atoms in total. The number of allylic oxidation sites excluding steroid dienone is 3. The van der Waals surface area contributed by atoms with Crippen LogP contribution in [0.4, 0.5) is 0 Å². The highest BCUT2D eigenvalue weighted by Crippen LogP contribution is 2.47. The van der Waals surface area contributed by atoms with E-state index in [2.05, 4.69) is 5.32 Å². The molecule has 0 unspecified atom stereocenters. The smallest absolute Gasteiger partial charge is 0.336 e. The number of ether oxygens (including phenoxy) is 3. The van der Waals surface area contributed by atoms with Gasteiger partial charge in [-0.25, -0.2) is 4.79 Å². The average molecular weight is 476 g/mol. The summed E-state index contributed by atoms with van der Waals surface area (Å²) in [5.41, 5.74) is 4.54. The van der Waals surface area contributed by atoms with Gasteiger partial charge in [-0.05, 0) is 63.8 Å². The molecule has 0 aromatic heterocycles. The predicted molar refractivity (Wildman–Crippen MR) is 134 cm³/mol. The molecule has 2 aromatic rings. The van der Waals surface area contributed by atoms with Crippen molar-refractivity contribution < 1.29 is 23.8 Å². The zero-order chi connectivity index (χ0) is 25.1. The Balaban J connectivity index is 1.81. The molecule has 2 aromatic carbocycles. The number of para-hydroxylation sites is 1. The molecule has 0 amide bonds. The van der Waals surface area contributed by atoms with E-state index in [4.69, 9.17) is 14.2 Å². The van der Waals surface area contributed by atoms with Crippen LogP contribution in [0.1, 0.15) is 63.5 Å². The van der Waals surface area contributed by atoms with Crippen LogP contribution < -0.4 is 14.8 Å². The number of carbonyl (C=O) groups is 2. The van der Waals surface area contributed by atoms with Crippen molar-refractivity contribution in [3.8, 4) is 11.5 Å². The quantitative estimate of drug-likeness (QED) is 0.540. The van der Waals surface area contributed by atoms with Crippen LogP contribution in [0.5, 0.6) is 11.5 Å². The zero-order valence-electron chi connectivity index (χ0n) is 21.0. The average Bonchev–Trinajstić information content (AvgIpc) is 2.83. The summed E-state index contributed by atoms with van der Waals surface area (Å²) in [4.78, 5) is 26.9. The lowest BCUT2D eigenvalue weighted by atomic mass is 9.71. The van der Waals surface area contributed by atoms with Gasteiger partial charge in [0.1, 0.15) is 11.5 Å². The maximum atomic E-state index is 13.7. The molecule has 1 aliphatic heterocycles. The van der Waals surface area contributed by atoms with Gasteiger partial charge in [0.25, 0.3) is 0 Å². The molecule has 0 saturated carbocycles. The lowest BCUT2D eigenvalue weighted by molar-refractivity contribution is -0.138. The van der Waals surface area contributed by atoms with E-state index in [1.807, 2.05) is 69.3 Å². The SMILES string of the molecule is CCOC(=O)C1=C(C)NC2=C(C(=O)C[C@@H](c3ccc(OC)cc3)C2)[C@@H]1c1ccccc1OC(C)C. The van der Waals surface area contributed by atoms with Crippen LogP contribution in [0.3, 0.4) is 0 Å². The van der Waals surface area contributed by atoms with Crippen LogP contribution in [0.2, 0.25) is 0 Å². The molecule has 6 heteroatoms. The second-order valence-electron chi connectivity index (χ2n) is 9.22. The van der Waals surface area contributed by atoms with Crippen molar-refractivity contribution >= 4 is 11.8 Å². The highest BCUT2D eigenvalue weighted by Gasteiger charge is 2.42. The van der Waals surface area contributed by atoms with E-state index in [1.54, 1.807) is 14.0 Å². The van der Waals surface area contributed by atoms with Gasteiger partial charge in [0.2, 0.25) is 0 Å². The summed E-state index contributed by atoms with van der Waals surface area (Å²) in [6.45, 7) is 7.83. The number of carbonyl (C=O) groups excluding carboxylic acids is 2. The van der Waals surface area contributed by atoms with E-state index in [-0.39, 0.29) is 24.4 Å². The number of ketones is 1. The van der Waals surface area contributed by atoms with Gasteiger partial charge in [0.05, 0.1) is 31.3 Å². The third kappa shape index (κ3) is 4.97. The number of rotatable bonds is 7. The van der Waals surface area contributed by atoms with Crippen LogP contribution in [0.25, 0.3) is 0 Å². The number of dihydropyridines is 1. The Hall–Kier alpha value is -3.54. The first kappa shape index (κ1) is 24.6. The summed E-state index contributed by atoms with van der Waals surface area (Å²) >= 11 is 0. The molecule has 1 heterocycles. The molecule has 4 rings (SSSR count). The summed E-state index contributed by atoms with van der Waals surface area (Å²) in [6.07, 6.45) is 0.986. The Labute approximate surface area is 207 Å². The van der Waals surface area contributed by atoms with Crippen molar-refractivity contribution in [2.75, 3.05) is 13.7 Å². The van der Waals surface area contributed by atoms with Crippen LogP contribution in [0.15, 0.2) is 71.1 Å². The summed E-state index contributed by atoms with van der Waals surface area (Å²) < 4.78 is 16.8. The topological polar surface area (TPSA) is 73.9 Å². The van der Waals surface area contributed by atoms with Gasteiger partial charge >= 0.3 is 5.97 Å². The van der Waals surface area contributed by atoms with E-state index >= 15 is 0 Å². The minimum Gasteiger partial charge on any atom is -0.497 e. The molecule has 1 aliphatic carbocycles. The van der Waals surface area contributed by atoms with E-state index in [9.17, 15) is 9.59 Å². The molecule has 2 aliphatic rings. The fourth-order valence-electron chi connectivity index (χ4n) is 5.02. The van der Waals surface area contributed by atoms with Crippen LogP contribution >= 0.6 is 0 Å². The molecule has 35 heavy (non-hydrogen) atoms. The number of hydrogen-bond donors (Lipinski definition) is 1. The fourth-order valence-corrected chi connectivity index (χ4v) is 5.02. The van der Waals surface area contributed by atoms with Crippen molar-refractivity contribution in [3.05, 3.63) is 82.2 Å². The lowest BCUT2D eigenvalue weighted by Crippen LogP contribution is -2.36. The van der Waals surface area contributed by atoms with Gasteiger partial charge in [-0.1, -0.05) is 30.3 Å². The highest BCUT2D eigenvalue weighted by molar-refractivity contribution is 6.04. The standard InChI is InChI=1S/C29H33NO5/c1-6-34-29(32)26-18(4)30-23-15-20(19-11-13-21(33-5)14-12-19)16-24(31)28(23)27(26)22-9-7-8-10-25(22)35-17(2)3/h7-14,17,20,27,30H,6,15-16H2,1-5H3/t20-,27+/m0/s1. The zero-order valence-corrected chi connectivity index (χ0v) is 21.0. The number of nitrogens with one attached hydrogen (secondary N) is 1. The predicted octanol–water partition coefficient (Wildman–Crippen LogP) is 5.41. The van der Waals surface area contributed by atoms with Gasteiger partial charge in [-0.15, -0.1) is 0 Å². The Bertz CT molecular complexity index is 1180. The van der Waals surface area contributed by atoms with Crippen molar-refractivity contribution in [1.82, 2.24) is 5.32 Å². The van der Waals surface area contributed by atoms with Crippen molar-refractivity contribution in [2.45, 2.75) is 58.5 Å². The summed E-state index contributed by atoms with van der Waals surface area (Å²) in [6, 6.07) is 15.5. The second-order valence-corrected chi connectivity index (χ2v) is 9.22. The van der Waals surface area contributed by atoms with E-state index in [0.717, 1.165) is 22.6 Å². The molecule has 0 spiro atoms. The summed E-state index contributed by atoms with van der Waals surface area (Å²) in [7, 11) is 1.64. The first-order chi connectivity index (χ1) is 16.8. The van der Waals surface area contributed by atoms with Gasteiger partial charge in [0, 0.05) is 29.0 Å². The number of esters is 1. The molecule has 2 atom stereocenters. The maximum absolute atomic E-state index is 13.7. The van der Waals surface area contributed by atoms with E-state index < -0.39 is 11.9 Å². The Kier molecular flexibility index (Phi) is 7.29. The highest BCUT2D eigenvalue weighted by atomic mass is 16.5. The monoisotopic (exact) mass is 475 g/mol. The molecule has 0 radical (unpaired) electrons. The fraction of sp³-hybridized carbons (Fsp3) is 0.379. The molecule has 0 fully saturated rings. The molecule has 0 bridgehead atoms. The minimum absolute atomic E-state index is 0.0261. The molecule has 0 saturated heterocycles. The molecule has 1 N–H and O–H groups in total. The number of benzene rings is 2. The van der Waals surface area contributed by atoms with Crippen molar-refractivity contribution in [3.63, 3.8) is 0 Å². The van der Waals surface area contributed by atoms with Crippen LogP contribution in [-0.2, 0) is 14.3 Å². The maximum Gasteiger partial charge on any atom is 0.336 e. The number of hydrogen-bond acceptors (Lipinski definition) is 6. The van der Waals surface area contributed by atoms with Crippen LogP contribution in [-0.4, -0.2) is 31.6 Å². The van der Waals surface area contributed by atoms with Gasteiger partial charge < -0.3 is 19.5 Å². The Morgan fingerprint density at radius 1 is 1.09 bits per heavy atom. The van der Waals surface area contributed by atoms with Crippen molar-refractivity contribution in [2.24, 2.45) is 0 Å². The molecular weight excluding hydrogens is 442 g/mol. The summed E-state index contributed by atoms with van der Waals surface area (Å²) in [5, 5.41) is 3.39. The minimum atomic E-state index is -0.551. The molecular formula is C29H33NO5. The van der Waals surface area contributed by atoms with Gasteiger partial charge in [-0.3, -0.25) is 4.79 Å². The first-order valence-corrected chi connectivity index (χ1v) is 12.1. The Morgan fingerprint density at radius 2 is 1.80 bits per heavy atom. The third-order valence-corrected chi connectivity index (χ3v) is 6.50. The summed E-state index contributed by atoms with van der Waals surface area (Å²) in [5.74, 6) is 0.549. The normalized spacial score (nSPS) is 19.9. The van der Waals surface area contributed by atoms with E-state index in [0.29, 0.717) is 35.4 Å². The van der Waals surface area contributed by atoms with Gasteiger partial charge in [0.15, 0.2) is 5.78 Å². The second kappa shape index (κ2) is 10.4. The molecule has 184 valence electrons. The number of methoxy groups -OCH3 is 1. The first-order valence-electron chi connectivity index (χ1n) is 12.1. The Morgan fingerprint density at radius 3 is 2.46 bits per heavy atom. The van der Waals surface area contributed by atoms with Crippen molar-refractivity contribution in [1.29, 1.82) is 0 Å². The lowest BCUT2D eigenvalue weighted by Gasteiger charge is -2.37. The largest absolute Gasteiger partial charge is 0.497 e. The van der Waals surface area contributed by atoms with Crippen LogP contribution in [0, 0.1) is 0 Å². The number of Topliss-reactive ketones (excluding diaryl/α,β-unsaturated/α-hetero) is 1. The van der Waals surface area contributed by atoms with Gasteiger partial charge in [-0.2, -0.15) is 0 Å².